The molecule has 110 valence electrons. The monoisotopic (exact) mass is 278 g/mol. The van der Waals surface area contributed by atoms with E-state index in [0.29, 0.717) is 5.69 Å². The van der Waals surface area contributed by atoms with E-state index < -0.39 is 6.03 Å². The molecule has 0 radical (unpaired) electrons. The largest absolute Gasteiger partial charge is 0.351 e. The molecule has 0 aliphatic carbocycles. The number of urea groups is 2. The summed E-state index contributed by atoms with van der Waals surface area (Å²) < 4.78 is 0. The van der Waals surface area contributed by atoms with E-state index in [-0.39, 0.29) is 18.1 Å². The van der Waals surface area contributed by atoms with Gasteiger partial charge >= 0.3 is 12.1 Å². The van der Waals surface area contributed by atoms with Crippen LogP contribution in [0, 0.1) is 0 Å². The third-order valence-electron chi connectivity index (χ3n) is 3.02. The molecule has 0 aliphatic heterocycles. The molecule has 0 aliphatic rings. The molecule has 0 bridgehead atoms. The molecule has 0 saturated heterocycles. The van der Waals surface area contributed by atoms with Crippen molar-refractivity contribution in [3.05, 3.63) is 29.8 Å². The van der Waals surface area contributed by atoms with E-state index >= 15 is 0 Å². The van der Waals surface area contributed by atoms with Crippen LogP contribution < -0.4 is 21.7 Å². The van der Waals surface area contributed by atoms with Gasteiger partial charge in [0, 0.05) is 11.7 Å². The normalized spacial score (nSPS) is 13.2. The molecule has 1 rings (SSSR count). The van der Waals surface area contributed by atoms with Crippen LogP contribution in [-0.4, -0.2) is 18.1 Å². The molecular formula is C14H22N4O2. The molecule has 4 amide bonds. The number of carbonyl (C=O) groups excluding carboxylic acids is 2. The number of rotatable bonds is 5. The van der Waals surface area contributed by atoms with Gasteiger partial charge in [-0.3, -0.25) is 0 Å². The standard InChI is InChI=1S/C14H22N4O2/c1-4-9(2)16-14(20)17-10(3)11-5-7-12(8-6-11)18-13(15)19/h5-10H,4H2,1-3H3,(H3,15,18,19)(H2,16,17,20)/t9-,10-/m1/s1. The first kappa shape index (κ1) is 15.8. The summed E-state index contributed by atoms with van der Waals surface area (Å²) in [6.45, 7) is 5.86. The summed E-state index contributed by atoms with van der Waals surface area (Å²) in [5, 5.41) is 8.19. The fraction of sp³-hybridized carbons (Fsp3) is 0.429. The molecule has 1 aromatic rings. The first-order valence-electron chi connectivity index (χ1n) is 6.65. The highest BCUT2D eigenvalue weighted by Gasteiger charge is 2.10. The third-order valence-corrected chi connectivity index (χ3v) is 3.02. The molecule has 0 unspecified atom stereocenters. The fourth-order valence-electron chi connectivity index (χ4n) is 1.64. The van der Waals surface area contributed by atoms with Crippen LogP contribution in [0.5, 0.6) is 0 Å². The summed E-state index contributed by atoms with van der Waals surface area (Å²) in [6.07, 6.45) is 0.884. The number of benzene rings is 1. The Morgan fingerprint density at radius 2 is 1.75 bits per heavy atom. The number of nitrogens with two attached hydrogens (primary N) is 1. The topological polar surface area (TPSA) is 96.2 Å². The maximum atomic E-state index is 11.7. The summed E-state index contributed by atoms with van der Waals surface area (Å²) in [5.41, 5.74) is 6.60. The zero-order chi connectivity index (χ0) is 15.1. The van der Waals surface area contributed by atoms with E-state index in [2.05, 4.69) is 16.0 Å². The Morgan fingerprint density at radius 3 is 2.25 bits per heavy atom. The van der Waals surface area contributed by atoms with Crippen LogP contribution in [0.25, 0.3) is 0 Å². The summed E-state index contributed by atoms with van der Waals surface area (Å²) in [5.74, 6) is 0. The lowest BCUT2D eigenvalue weighted by Gasteiger charge is -2.18. The van der Waals surface area contributed by atoms with E-state index in [0.717, 1.165) is 12.0 Å². The average Bonchev–Trinajstić information content (AvgIpc) is 2.38. The second-order valence-corrected chi connectivity index (χ2v) is 4.76. The fourth-order valence-corrected chi connectivity index (χ4v) is 1.64. The molecule has 0 saturated carbocycles. The number of anilines is 1. The van der Waals surface area contributed by atoms with Gasteiger partial charge in [-0.1, -0.05) is 19.1 Å². The van der Waals surface area contributed by atoms with E-state index in [1.54, 1.807) is 12.1 Å². The van der Waals surface area contributed by atoms with Crippen molar-refractivity contribution < 1.29 is 9.59 Å². The number of amides is 4. The van der Waals surface area contributed by atoms with Gasteiger partial charge < -0.3 is 21.7 Å². The zero-order valence-corrected chi connectivity index (χ0v) is 12.1. The van der Waals surface area contributed by atoms with Crippen molar-refractivity contribution in [3.63, 3.8) is 0 Å². The molecule has 1 aromatic carbocycles. The van der Waals surface area contributed by atoms with Crippen molar-refractivity contribution in [1.82, 2.24) is 10.6 Å². The Hall–Kier alpha value is -2.24. The van der Waals surface area contributed by atoms with Gasteiger partial charge in [-0.2, -0.15) is 0 Å². The molecule has 0 aromatic heterocycles. The van der Waals surface area contributed by atoms with Gasteiger partial charge in [-0.05, 0) is 38.0 Å². The summed E-state index contributed by atoms with van der Waals surface area (Å²) in [4.78, 5) is 22.4. The van der Waals surface area contributed by atoms with Crippen LogP contribution in [0.3, 0.4) is 0 Å². The number of primary amides is 1. The SMILES string of the molecule is CC[C@@H](C)NC(=O)N[C@H](C)c1ccc(NC(N)=O)cc1. The van der Waals surface area contributed by atoms with Crippen molar-refractivity contribution in [1.29, 1.82) is 0 Å². The smallest absolute Gasteiger partial charge is 0.316 e. The lowest BCUT2D eigenvalue weighted by atomic mass is 10.1. The minimum Gasteiger partial charge on any atom is -0.351 e. The predicted molar refractivity (Wildman–Crippen MR) is 79.5 cm³/mol. The summed E-state index contributed by atoms with van der Waals surface area (Å²) in [6, 6.07) is 6.38. The van der Waals surface area contributed by atoms with Crippen molar-refractivity contribution in [2.75, 3.05) is 5.32 Å². The van der Waals surface area contributed by atoms with Crippen LogP contribution in [0.2, 0.25) is 0 Å². The highest BCUT2D eigenvalue weighted by atomic mass is 16.2. The highest BCUT2D eigenvalue weighted by Crippen LogP contribution is 2.15. The minimum absolute atomic E-state index is 0.123. The first-order valence-corrected chi connectivity index (χ1v) is 6.65. The molecule has 20 heavy (non-hydrogen) atoms. The van der Waals surface area contributed by atoms with Gasteiger partial charge in [0.1, 0.15) is 0 Å². The summed E-state index contributed by atoms with van der Waals surface area (Å²) >= 11 is 0. The lowest BCUT2D eigenvalue weighted by molar-refractivity contribution is 0.234. The van der Waals surface area contributed by atoms with Gasteiger partial charge in [-0.15, -0.1) is 0 Å². The van der Waals surface area contributed by atoms with Crippen molar-refractivity contribution in [2.24, 2.45) is 5.73 Å². The quantitative estimate of drug-likeness (QED) is 0.665. The van der Waals surface area contributed by atoms with Crippen LogP contribution >= 0.6 is 0 Å². The molecule has 2 atom stereocenters. The molecule has 6 nitrogen and oxygen atoms in total. The maximum absolute atomic E-state index is 11.7. The number of hydrogen-bond donors (Lipinski definition) is 4. The van der Waals surface area contributed by atoms with Gasteiger partial charge in [0.2, 0.25) is 0 Å². The van der Waals surface area contributed by atoms with Crippen molar-refractivity contribution >= 4 is 17.7 Å². The number of hydrogen-bond acceptors (Lipinski definition) is 2. The number of nitrogens with one attached hydrogen (secondary N) is 3. The molecule has 5 N–H and O–H groups in total. The van der Waals surface area contributed by atoms with E-state index in [9.17, 15) is 9.59 Å². The van der Waals surface area contributed by atoms with Crippen LogP contribution in [-0.2, 0) is 0 Å². The van der Waals surface area contributed by atoms with Crippen LogP contribution in [0.4, 0.5) is 15.3 Å². The van der Waals surface area contributed by atoms with Gasteiger partial charge in [0.15, 0.2) is 0 Å². The first-order chi connectivity index (χ1) is 9.42. The highest BCUT2D eigenvalue weighted by molar-refractivity contribution is 5.87. The van der Waals surface area contributed by atoms with E-state index in [4.69, 9.17) is 5.73 Å². The van der Waals surface area contributed by atoms with Gasteiger partial charge in [0.05, 0.1) is 6.04 Å². The number of carbonyl (C=O) groups is 2. The van der Waals surface area contributed by atoms with Crippen molar-refractivity contribution in [2.45, 2.75) is 39.3 Å². The average molecular weight is 278 g/mol. The van der Waals surface area contributed by atoms with Gasteiger partial charge in [0.25, 0.3) is 0 Å². The third kappa shape index (κ3) is 5.17. The second-order valence-electron chi connectivity index (χ2n) is 4.76. The van der Waals surface area contributed by atoms with E-state index in [1.807, 2.05) is 32.9 Å². The predicted octanol–water partition coefficient (Wildman–Crippen LogP) is 2.34. The molecule has 0 spiro atoms. The Labute approximate surface area is 119 Å². The Balaban J connectivity index is 2.57. The van der Waals surface area contributed by atoms with Crippen LogP contribution in [0.1, 0.15) is 38.8 Å². The minimum atomic E-state index is -0.600. The van der Waals surface area contributed by atoms with Crippen LogP contribution in [0.15, 0.2) is 24.3 Å². The zero-order valence-electron chi connectivity index (χ0n) is 12.1. The Morgan fingerprint density at radius 1 is 1.15 bits per heavy atom. The Bertz CT molecular complexity index is 459. The molecular weight excluding hydrogens is 256 g/mol. The summed E-state index contributed by atoms with van der Waals surface area (Å²) in [7, 11) is 0. The second kappa shape index (κ2) is 7.37. The molecule has 6 heteroatoms. The maximum Gasteiger partial charge on any atom is 0.316 e. The van der Waals surface area contributed by atoms with Crippen molar-refractivity contribution in [3.8, 4) is 0 Å². The Kier molecular flexibility index (Phi) is 5.83. The molecule has 0 heterocycles. The lowest BCUT2D eigenvalue weighted by Crippen LogP contribution is -2.41. The van der Waals surface area contributed by atoms with E-state index in [1.165, 1.54) is 0 Å². The van der Waals surface area contributed by atoms with Gasteiger partial charge in [-0.25, -0.2) is 9.59 Å². The molecule has 0 fully saturated rings.